The Morgan fingerprint density at radius 3 is 2.67 bits per heavy atom. The van der Waals surface area contributed by atoms with Crippen molar-refractivity contribution in [2.75, 3.05) is 6.61 Å². The van der Waals surface area contributed by atoms with E-state index in [0.717, 1.165) is 6.61 Å². The minimum absolute atomic E-state index is 0.729. The lowest BCUT2D eigenvalue weighted by molar-refractivity contribution is 0.295. The highest BCUT2D eigenvalue weighted by Crippen LogP contribution is 2.24. The molecule has 0 N–H and O–H groups in total. The lowest BCUT2D eigenvalue weighted by Gasteiger charge is -2.22. The van der Waals surface area contributed by atoms with Crippen molar-refractivity contribution in [1.29, 1.82) is 0 Å². The van der Waals surface area contributed by atoms with Crippen LogP contribution in [0.2, 0.25) is 6.04 Å². The minimum atomic E-state index is -0.729. The van der Waals surface area contributed by atoms with E-state index in [0.29, 0.717) is 0 Å². The Morgan fingerprint density at radius 2 is 2.07 bits per heavy atom. The molecule has 79 valence electrons. The molecular formula is C13H17OSi. The number of benzene rings is 1. The van der Waals surface area contributed by atoms with Gasteiger partial charge in [-0.3, -0.25) is 0 Å². The van der Waals surface area contributed by atoms with Crippen LogP contribution in [0.25, 0.3) is 5.20 Å². The SMILES string of the molecule is C/C=C(/c1ccccc1)[Si]1CCCCO1. The molecule has 0 aromatic heterocycles. The summed E-state index contributed by atoms with van der Waals surface area (Å²) in [4.78, 5) is 0. The molecule has 1 saturated heterocycles. The zero-order valence-electron chi connectivity index (χ0n) is 9.20. The molecule has 15 heavy (non-hydrogen) atoms. The third-order valence-corrected chi connectivity index (χ3v) is 5.29. The van der Waals surface area contributed by atoms with Gasteiger partial charge >= 0.3 is 0 Å². The Kier molecular flexibility index (Phi) is 3.75. The van der Waals surface area contributed by atoms with Crippen LogP contribution in [0.3, 0.4) is 0 Å². The van der Waals surface area contributed by atoms with Gasteiger partial charge in [0.05, 0.1) is 0 Å². The summed E-state index contributed by atoms with van der Waals surface area (Å²) < 4.78 is 5.92. The van der Waals surface area contributed by atoms with Gasteiger partial charge in [-0.15, -0.1) is 0 Å². The lowest BCUT2D eigenvalue weighted by Crippen LogP contribution is -2.25. The van der Waals surface area contributed by atoms with E-state index >= 15 is 0 Å². The van der Waals surface area contributed by atoms with E-state index in [1.165, 1.54) is 29.6 Å². The third-order valence-electron chi connectivity index (χ3n) is 2.75. The molecule has 0 amide bonds. The first-order valence-corrected chi connectivity index (χ1v) is 7.24. The van der Waals surface area contributed by atoms with Crippen molar-refractivity contribution in [3.63, 3.8) is 0 Å². The Balaban J connectivity index is 2.17. The first-order chi connectivity index (χ1) is 7.42. The van der Waals surface area contributed by atoms with Crippen molar-refractivity contribution in [2.45, 2.75) is 25.8 Å². The molecule has 1 heterocycles. The maximum Gasteiger partial charge on any atom is 0.246 e. The van der Waals surface area contributed by atoms with E-state index in [1.54, 1.807) is 0 Å². The van der Waals surface area contributed by atoms with Gasteiger partial charge in [-0.25, -0.2) is 0 Å². The normalized spacial score (nSPS) is 19.1. The molecule has 2 rings (SSSR count). The Morgan fingerprint density at radius 1 is 1.27 bits per heavy atom. The van der Waals surface area contributed by atoms with Crippen molar-refractivity contribution < 1.29 is 4.43 Å². The van der Waals surface area contributed by atoms with Gasteiger partial charge in [-0.05, 0) is 30.1 Å². The summed E-state index contributed by atoms with van der Waals surface area (Å²) >= 11 is 0. The van der Waals surface area contributed by atoms with Gasteiger partial charge in [0.1, 0.15) is 0 Å². The van der Waals surface area contributed by atoms with Gasteiger partial charge in [0.15, 0.2) is 0 Å². The molecule has 0 atom stereocenters. The first-order valence-electron chi connectivity index (χ1n) is 5.62. The summed E-state index contributed by atoms with van der Waals surface area (Å²) in [5.74, 6) is 0. The maximum atomic E-state index is 5.92. The van der Waals surface area contributed by atoms with Crippen molar-refractivity contribution in [3.8, 4) is 0 Å². The van der Waals surface area contributed by atoms with Gasteiger partial charge in [0.2, 0.25) is 9.04 Å². The van der Waals surface area contributed by atoms with Crippen LogP contribution in [0.15, 0.2) is 36.4 Å². The lowest BCUT2D eigenvalue weighted by atomic mass is 10.2. The summed E-state index contributed by atoms with van der Waals surface area (Å²) in [6.07, 6.45) is 4.80. The van der Waals surface area contributed by atoms with Crippen molar-refractivity contribution in [3.05, 3.63) is 42.0 Å². The molecule has 1 aromatic carbocycles. The molecule has 0 spiro atoms. The van der Waals surface area contributed by atoms with Crippen molar-refractivity contribution in [1.82, 2.24) is 0 Å². The fraction of sp³-hybridized carbons (Fsp3) is 0.385. The molecule has 1 nitrogen and oxygen atoms in total. The summed E-state index contributed by atoms with van der Waals surface area (Å²) in [6.45, 7) is 3.08. The van der Waals surface area contributed by atoms with Crippen LogP contribution >= 0.6 is 0 Å². The fourth-order valence-electron chi connectivity index (χ4n) is 1.97. The summed E-state index contributed by atoms with van der Waals surface area (Å²) in [5.41, 5.74) is 1.34. The highest BCUT2D eigenvalue weighted by Gasteiger charge is 2.22. The molecule has 1 aromatic rings. The van der Waals surface area contributed by atoms with Crippen LogP contribution in [0, 0.1) is 0 Å². The summed E-state index contributed by atoms with van der Waals surface area (Å²) in [6, 6.07) is 11.9. The van der Waals surface area contributed by atoms with Crippen LogP contribution in [0.1, 0.15) is 25.3 Å². The monoisotopic (exact) mass is 217 g/mol. The second-order valence-corrected chi connectivity index (χ2v) is 5.97. The van der Waals surface area contributed by atoms with E-state index in [4.69, 9.17) is 4.43 Å². The number of allylic oxidation sites excluding steroid dienone is 1. The Labute approximate surface area is 93.5 Å². The van der Waals surface area contributed by atoms with Crippen LogP contribution < -0.4 is 0 Å². The zero-order chi connectivity index (χ0) is 10.5. The predicted molar refractivity (Wildman–Crippen MR) is 65.8 cm³/mol. The van der Waals surface area contributed by atoms with E-state index in [2.05, 4.69) is 43.3 Å². The van der Waals surface area contributed by atoms with E-state index in [9.17, 15) is 0 Å². The minimum Gasteiger partial charge on any atom is -0.412 e. The highest BCUT2D eigenvalue weighted by molar-refractivity contribution is 6.73. The molecule has 0 saturated carbocycles. The Hall–Kier alpha value is -0.863. The molecule has 1 aliphatic heterocycles. The number of hydrogen-bond donors (Lipinski definition) is 0. The van der Waals surface area contributed by atoms with Gasteiger partial charge < -0.3 is 4.43 Å². The van der Waals surface area contributed by atoms with E-state index in [1.807, 2.05) is 0 Å². The molecule has 1 aliphatic rings. The largest absolute Gasteiger partial charge is 0.412 e. The average molecular weight is 217 g/mol. The first kappa shape index (κ1) is 10.6. The molecule has 1 radical (unpaired) electrons. The number of rotatable bonds is 2. The highest BCUT2D eigenvalue weighted by atomic mass is 28.3. The summed E-state index contributed by atoms with van der Waals surface area (Å²) in [7, 11) is -0.729. The van der Waals surface area contributed by atoms with Crippen LogP contribution in [0.4, 0.5) is 0 Å². The van der Waals surface area contributed by atoms with Gasteiger partial charge in [-0.1, -0.05) is 42.8 Å². The third kappa shape index (κ3) is 2.58. The smallest absolute Gasteiger partial charge is 0.246 e. The van der Waals surface area contributed by atoms with Crippen LogP contribution in [0.5, 0.6) is 0 Å². The van der Waals surface area contributed by atoms with Gasteiger partial charge in [0.25, 0.3) is 0 Å². The quantitative estimate of drug-likeness (QED) is 0.690. The van der Waals surface area contributed by atoms with Crippen LogP contribution in [-0.4, -0.2) is 15.6 Å². The average Bonchev–Trinajstić information content (AvgIpc) is 2.33. The van der Waals surface area contributed by atoms with Crippen molar-refractivity contribution >= 4 is 14.2 Å². The van der Waals surface area contributed by atoms with E-state index < -0.39 is 9.04 Å². The van der Waals surface area contributed by atoms with Gasteiger partial charge in [-0.2, -0.15) is 0 Å². The fourth-order valence-corrected chi connectivity index (χ4v) is 4.32. The molecule has 0 unspecified atom stereocenters. The number of hydrogen-bond acceptors (Lipinski definition) is 1. The predicted octanol–water partition coefficient (Wildman–Crippen LogP) is 3.43. The Bertz CT molecular complexity index is 326. The molecule has 1 fully saturated rings. The molecule has 0 aliphatic carbocycles. The standard InChI is InChI=1S/C13H17OSi/c1-2-13(12-8-4-3-5-9-12)15-11-7-6-10-14-15/h2-5,8-9H,6-7,10-11H2,1H3/b13-2-. The second-order valence-electron chi connectivity index (χ2n) is 3.80. The topological polar surface area (TPSA) is 9.23 Å². The molecule has 0 bridgehead atoms. The maximum absolute atomic E-state index is 5.92. The zero-order valence-corrected chi connectivity index (χ0v) is 10.2. The van der Waals surface area contributed by atoms with E-state index in [-0.39, 0.29) is 0 Å². The van der Waals surface area contributed by atoms with Crippen molar-refractivity contribution in [2.24, 2.45) is 0 Å². The summed E-state index contributed by atoms with van der Waals surface area (Å²) in [5, 5.41) is 1.44. The van der Waals surface area contributed by atoms with Gasteiger partial charge in [0, 0.05) is 6.61 Å². The molecule has 2 heteroatoms. The van der Waals surface area contributed by atoms with Crippen LogP contribution in [-0.2, 0) is 4.43 Å². The molecular weight excluding hydrogens is 200 g/mol. The second kappa shape index (κ2) is 5.28.